The Labute approximate surface area is 158 Å². The predicted octanol–water partition coefficient (Wildman–Crippen LogP) is 2.74. The Kier molecular flexibility index (Phi) is 5.69. The van der Waals surface area contributed by atoms with Crippen LogP contribution in [-0.2, 0) is 11.3 Å². The molecule has 3 rings (SSSR count). The molecule has 2 atom stereocenters. The number of phenols is 1. The highest BCUT2D eigenvalue weighted by molar-refractivity contribution is 5.99. The van der Waals surface area contributed by atoms with Gasteiger partial charge in [0.05, 0.1) is 5.56 Å². The van der Waals surface area contributed by atoms with Crippen LogP contribution in [0.3, 0.4) is 0 Å². The minimum Gasteiger partial charge on any atom is -0.505 e. The number of nitrogens with one attached hydrogen (secondary N) is 1. The molecule has 7 heteroatoms. The van der Waals surface area contributed by atoms with Gasteiger partial charge in [0.1, 0.15) is 6.04 Å². The Morgan fingerprint density at radius 1 is 1.30 bits per heavy atom. The average Bonchev–Trinajstić information content (AvgIpc) is 2.95. The molecule has 1 aliphatic heterocycles. The molecule has 1 heterocycles. The van der Waals surface area contributed by atoms with Gasteiger partial charge in [-0.1, -0.05) is 6.07 Å². The zero-order valence-electron chi connectivity index (χ0n) is 15.7. The molecule has 1 fully saturated rings. The highest BCUT2D eigenvalue weighted by Gasteiger charge is 2.34. The molecule has 0 bridgehead atoms. The number of benzene rings is 1. The fraction of sp³-hybridized carbons (Fsp3) is 0.600. The van der Waals surface area contributed by atoms with Crippen LogP contribution in [0.25, 0.3) is 0 Å². The summed E-state index contributed by atoms with van der Waals surface area (Å²) in [7, 11) is 0. The summed E-state index contributed by atoms with van der Waals surface area (Å²) in [6.07, 6.45) is 3.89. The zero-order chi connectivity index (χ0) is 19.7. The summed E-state index contributed by atoms with van der Waals surface area (Å²) < 4.78 is 14.1. The Morgan fingerprint density at radius 3 is 2.59 bits per heavy atom. The fourth-order valence-corrected chi connectivity index (χ4v) is 4.34. The maximum atomic E-state index is 14.1. The van der Waals surface area contributed by atoms with Crippen molar-refractivity contribution >= 4 is 11.9 Å². The van der Waals surface area contributed by atoms with Crippen molar-refractivity contribution in [3.05, 3.63) is 29.1 Å². The minimum atomic E-state index is -0.846. The van der Waals surface area contributed by atoms with Gasteiger partial charge in [-0.3, -0.25) is 9.59 Å². The summed E-state index contributed by atoms with van der Waals surface area (Å²) in [4.78, 5) is 25.2. The van der Waals surface area contributed by atoms with Gasteiger partial charge in [-0.2, -0.15) is 0 Å². The van der Waals surface area contributed by atoms with E-state index in [1.807, 2.05) is 6.92 Å². The fourth-order valence-electron chi connectivity index (χ4n) is 4.34. The normalized spacial score (nSPS) is 24.6. The first-order valence-electron chi connectivity index (χ1n) is 9.56. The van der Waals surface area contributed by atoms with E-state index in [9.17, 15) is 19.1 Å². The molecular weight excluding hydrogens is 351 g/mol. The SMILES string of the molecule is CC(N[C@H](C)C(=O)O)C1CCC(CN2Cc3ccc(O)c(F)c3C2=O)CC1. The van der Waals surface area contributed by atoms with Gasteiger partial charge in [0.15, 0.2) is 11.6 Å². The lowest BCUT2D eigenvalue weighted by molar-refractivity contribution is -0.139. The second kappa shape index (κ2) is 7.84. The van der Waals surface area contributed by atoms with Crippen molar-refractivity contribution in [2.75, 3.05) is 6.54 Å². The van der Waals surface area contributed by atoms with Gasteiger partial charge in [-0.15, -0.1) is 0 Å². The van der Waals surface area contributed by atoms with Crippen molar-refractivity contribution in [3.8, 4) is 5.75 Å². The highest BCUT2D eigenvalue weighted by atomic mass is 19.1. The monoisotopic (exact) mass is 378 g/mol. The first kappa shape index (κ1) is 19.6. The van der Waals surface area contributed by atoms with Crippen LogP contribution in [0.2, 0.25) is 0 Å². The van der Waals surface area contributed by atoms with Gasteiger partial charge in [0, 0.05) is 19.1 Å². The standard InChI is InChI=1S/C20H27FN2O4/c1-11(22-12(2)20(26)27)14-5-3-13(4-6-14)9-23-10-15-7-8-16(24)18(21)17(15)19(23)25/h7-8,11-14,22,24H,3-6,9-10H2,1-2H3,(H,26,27)/t11?,12-,13?,14?/m1/s1. The van der Waals surface area contributed by atoms with Crippen LogP contribution in [0.4, 0.5) is 4.39 Å². The molecule has 0 spiro atoms. The number of carbonyl (C=O) groups excluding carboxylic acids is 1. The molecule has 1 aromatic carbocycles. The summed E-state index contributed by atoms with van der Waals surface area (Å²) in [6, 6.07) is 2.47. The Morgan fingerprint density at radius 2 is 1.96 bits per heavy atom. The molecule has 27 heavy (non-hydrogen) atoms. The average molecular weight is 378 g/mol. The summed E-state index contributed by atoms with van der Waals surface area (Å²) in [6.45, 7) is 4.66. The Hall–Kier alpha value is -2.15. The topological polar surface area (TPSA) is 89.9 Å². The molecule has 2 aliphatic rings. The van der Waals surface area contributed by atoms with E-state index >= 15 is 0 Å². The number of halogens is 1. The number of hydrogen-bond acceptors (Lipinski definition) is 4. The van der Waals surface area contributed by atoms with Crippen molar-refractivity contribution in [2.24, 2.45) is 11.8 Å². The lowest BCUT2D eigenvalue weighted by Gasteiger charge is -2.35. The van der Waals surface area contributed by atoms with Crippen LogP contribution in [0.15, 0.2) is 12.1 Å². The van der Waals surface area contributed by atoms with E-state index < -0.39 is 23.6 Å². The number of nitrogens with zero attached hydrogens (tertiary/aromatic N) is 1. The van der Waals surface area contributed by atoms with E-state index in [0.717, 1.165) is 25.7 Å². The molecular formula is C20H27FN2O4. The van der Waals surface area contributed by atoms with Gasteiger partial charge in [-0.25, -0.2) is 4.39 Å². The summed E-state index contributed by atoms with van der Waals surface area (Å²) >= 11 is 0. The van der Waals surface area contributed by atoms with Crippen molar-refractivity contribution in [2.45, 2.75) is 58.2 Å². The van der Waals surface area contributed by atoms with E-state index in [4.69, 9.17) is 5.11 Å². The van der Waals surface area contributed by atoms with E-state index in [1.165, 1.54) is 6.07 Å². The molecule has 6 nitrogen and oxygen atoms in total. The number of amides is 1. The van der Waals surface area contributed by atoms with Crippen LogP contribution in [0, 0.1) is 17.7 Å². The third kappa shape index (κ3) is 4.08. The molecule has 0 aromatic heterocycles. The number of fused-ring (bicyclic) bond motifs is 1. The molecule has 3 N–H and O–H groups in total. The van der Waals surface area contributed by atoms with Crippen LogP contribution in [-0.4, -0.2) is 45.6 Å². The van der Waals surface area contributed by atoms with Crippen molar-refractivity contribution in [3.63, 3.8) is 0 Å². The molecule has 1 unspecified atom stereocenters. The van der Waals surface area contributed by atoms with Gasteiger partial charge in [-0.05, 0) is 63.0 Å². The molecule has 1 aromatic rings. The van der Waals surface area contributed by atoms with E-state index in [2.05, 4.69) is 5.32 Å². The number of phenolic OH excluding ortho intramolecular Hbond substituents is 1. The third-order valence-electron chi connectivity index (χ3n) is 6.03. The second-order valence-corrected chi connectivity index (χ2v) is 7.91. The van der Waals surface area contributed by atoms with Gasteiger partial charge < -0.3 is 20.4 Å². The number of rotatable bonds is 6. The van der Waals surface area contributed by atoms with E-state index in [-0.39, 0.29) is 17.5 Å². The lowest BCUT2D eigenvalue weighted by atomic mass is 9.78. The molecule has 0 saturated heterocycles. The maximum absolute atomic E-state index is 14.1. The quantitative estimate of drug-likeness (QED) is 0.708. The molecule has 0 radical (unpaired) electrons. The highest BCUT2D eigenvalue weighted by Crippen LogP contribution is 2.35. The van der Waals surface area contributed by atoms with Gasteiger partial charge >= 0.3 is 5.97 Å². The zero-order valence-corrected chi connectivity index (χ0v) is 15.7. The number of carboxylic acids is 1. The second-order valence-electron chi connectivity index (χ2n) is 7.91. The predicted molar refractivity (Wildman–Crippen MR) is 97.9 cm³/mol. The van der Waals surface area contributed by atoms with Gasteiger partial charge in [0.2, 0.25) is 0 Å². The van der Waals surface area contributed by atoms with Crippen molar-refractivity contribution in [1.82, 2.24) is 10.2 Å². The Balaban J connectivity index is 1.52. The van der Waals surface area contributed by atoms with Crippen LogP contribution in [0.1, 0.15) is 55.5 Å². The molecule has 1 aliphatic carbocycles. The van der Waals surface area contributed by atoms with Gasteiger partial charge in [0.25, 0.3) is 5.91 Å². The van der Waals surface area contributed by atoms with Crippen molar-refractivity contribution < 1.29 is 24.2 Å². The minimum absolute atomic E-state index is 0.00386. The van der Waals surface area contributed by atoms with Crippen molar-refractivity contribution in [1.29, 1.82) is 0 Å². The smallest absolute Gasteiger partial charge is 0.320 e. The third-order valence-corrected chi connectivity index (χ3v) is 6.03. The number of carbonyl (C=O) groups is 2. The summed E-state index contributed by atoms with van der Waals surface area (Å²) in [5, 5.41) is 21.7. The number of aromatic hydroxyl groups is 1. The summed E-state index contributed by atoms with van der Waals surface area (Å²) in [5.41, 5.74) is 0.633. The summed E-state index contributed by atoms with van der Waals surface area (Å²) in [5.74, 6) is -1.71. The first-order chi connectivity index (χ1) is 12.8. The molecule has 1 amide bonds. The van der Waals surface area contributed by atoms with E-state index in [1.54, 1.807) is 17.9 Å². The van der Waals surface area contributed by atoms with Crippen LogP contribution in [0.5, 0.6) is 5.75 Å². The number of aliphatic carboxylic acids is 1. The van der Waals surface area contributed by atoms with Crippen LogP contribution < -0.4 is 5.32 Å². The van der Waals surface area contributed by atoms with Crippen LogP contribution >= 0.6 is 0 Å². The number of hydrogen-bond donors (Lipinski definition) is 3. The molecule has 1 saturated carbocycles. The maximum Gasteiger partial charge on any atom is 0.320 e. The number of carboxylic acid groups (broad SMARTS) is 1. The molecule has 148 valence electrons. The van der Waals surface area contributed by atoms with E-state index in [0.29, 0.717) is 30.5 Å². The first-order valence-corrected chi connectivity index (χ1v) is 9.56. The lowest BCUT2D eigenvalue weighted by Crippen LogP contribution is -2.44. The largest absolute Gasteiger partial charge is 0.505 e. The Bertz CT molecular complexity index is 731.